The van der Waals surface area contributed by atoms with Crippen LogP contribution in [0.3, 0.4) is 0 Å². The van der Waals surface area contributed by atoms with E-state index < -0.39 is 11.9 Å². The Morgan fingerprint density at radius 2 is 1.72 bits per heavy atom. The highest BCUT2D eigenvalue weighted by Crippen LogP contribution is 2.34. The molecule has 2 aliphatic heterocycles. The van der Waals surface area contributed by atoms with E-state index >= 15 is 0 Å². The van der Waals surface area contributed by atoms with Crippen LogP contribution in [0.25, 0.3) is 11.1 Å². The number of carbonyl (C=O) groups is 2. The molecule has 1 aromatic heterocycles. The van der Waals surface area contributed by atoms with Crippen LogP contribution in [0, 0.1) is 0 Å². The van der Waals surface area contributed by atoms with Gasteiger partial charge in [0.25, 0.3) is 5.91 Å². The van der Waals surface area contributed by atoms with Crippen LogP contribution in [0.5, 0.6) is 5.75 Å². The molecule has 0 aliphatic carbocycles. The minimum Gasteiger partial charge on any atom is -0.476 e. The molecule has 166 valence electrons. The third-order valence-electron chi connectivity index (χ3n) is 6.14. The highest BCUT2D eigenvalue weighted by atomic mass is 16.5. The predicted molar refractivity (Wildman–Crippen MR) is 119 cm³/mol. The van der Waals surface area contributed by atoms with Gasteiger partial charge in [0.15, 0.2) is 11.7 Å². The minimum atomic E-state index is -0.732. The number of hydrogen-bond donors (Lipinski definition) is 0. The lowest BCUT2D eigenvalue weighted by atomic mass is 10.1. The zero-order chi connectivity index (χ0) is 22.1. The fourth-order valence-electron chi connectivity index (χ4n) is 4.49. The Balaban J connectivity index is 1.36. The van der Waals surface area contributed by atoms with Crippen molar-refractivity contribution in [3.63, 3.8) is 0 Å². The van der Waals surface area contributed by atoms with Gasteiger partial charge in [-0.15, -0.1) is 0 Å². The fourth-order valence-corrected chi connectivity index (χ4v) is 4.49. The topological polar surface area (TPSA) is 85.0 Å². The highest BCUT2D eigenvalue weighted by molar-refractivity contribution is 5.97. The Hall–Kier alpha value is -3.55. The molecule has 8 heteroatoms. The summed E-state index contributed by atoms with van der Waals surface area (Å²) in [6, 6.07) is 14.4. The van der Waals surface area contributed by atoms with E-state index in [0.717, 1.165) is 32.4 Å². The third kappa shape index (κ3) is 3.77. The number of likely N-dealkylation sites (tertiary alicyclic amines) is 1. The summed E-state index contributed by atoms with van der Waals surface area (Å²) in [6.45, 7) is 1.81. The molecule has 0 radical (unpaired) electrons. The van der Waals surface area contributed by atoms with Crippen molar-refractivity contribution in [2.24, 2.45) is 0 Å². The number of ether oxygens (including phenoxy) is 1. The van der Waals surface area contributed by atoms with Crippen molar-refractivity contribution in [3.05, 3.63) is 59.1 Å². The Labute approximate surface area is 185 Å². The molecule has 0 saturated carbocycles. The molecular weight excluding hydrogens is 410 g/mol. The minimum absolute atomic E-state index is 0.0750. The zero-order valence-corrected chi connectivity index (χ0v) is 17.7. The second-order valence-electron chi connectivity index (χ2n) is 8.20. The number of piperidine rings is 1. The maximum Gasteiger partial charge on any atom is 0.419 e. The van der Waals surface area contributed by atoms with Crippen molar-refractivity contribution < 1.29 is 18.7 Å². The average Bonchev–Trinajstić information content (AvgIpc) is 3.16. The monoisotopic (exact) mass is 435 g/mol. The first-order valence-corrected chi connectivity index (χ1v) is 11.0. The lowest BCUT2D eigenvalue weighted by Crippen LogP contribution is -2.53. The maximum absolute atomic E-state index is 13.2. The molecule has 2 amide bonds. The molecule has 1 fully saturated rings. The Kier molecular flexibility index (Phi) is 5.43. The summed E-state index contributed by atoms with van der Waals surface area (Å²) in [7, 11) is 0. The van der Waals surface area contributed by atoms with Crippen molar-refractivity contribution in [2.45, 2.75) is 38.3 Å². The molecule has 3 heterocycles. The van der Waals surface area contributed by atoms with Crippen molar-refractivity contribution in [1.29, 1.82) is 0 Å². The number of amides is 2. The van der Waals surface area contributed by atoms with Gasteiger partial charge in [0.2, 0.25) is 5.91 Å². The van der Waals surface area contributed by atoms with E-state index in [1.165, 1.54) is 4.57 Å². The van der Waals surface area contributed by atoms with Gasteiger partial charge in [-0.2, -0.15) is 0 Å². The summed E-state index contributed by atoms with van der Waals surface area (Å²) in [5.41, 5.74) is 1.80. The summed E-state index contributed by atoms with van der Waals surface area (Å²) < 4.78 is 12.7. The first-order chi connectivity index (χ1) is 15.6. The normalized spacial score (nSPS) is 18.3. The standard InChI is InChI=1S/C24H25N3O5/c28-22(12-15-26-17-8-2-5-11-20(17)32-24(26)30)27-16-21(23(29)25-13-6-1-7-14-25)31-19-10-4-3-9-18(19)27/h2-5,8-11,21H,1,6-7,12-16H2/t21-/m0/s1. The van der Waals surface area contributed by atoms with Crippen LogP contribution in [-0.2, 0) is 16.1 Å². The van der Waals surface area contributed by atoms with Crippen molar-refractivity contribution >= 4 is 28.6 Å². The predicted octanol–water partition coefficient (Wildman–Crippen LogP) is 2.79. The molecule has 32 heavy (non-hydrogen) atoms. The van der Waals surface area contributed by atoms with Crippen LogP contribution in [-0.4, -0.2) is 47.0 Å². The Morgan fingerprint density at radius 3 is 2.56 bits per heavy atom. The van der Waals surface area contributed by atoms with Gasteiger partial charge < -0.3 is 19.0 Å². The van der Waals surface area contributed by atoms with E-state index in [-0.39, 0.29) is 31.3 Å². The number of carbonyl (C=O) groups excluding carboxylic acids is 2. The molecule has 5 rings (SSSR count). The molecule has 0 spiro atoms. The number of oxazole rings is 1. The number of nitrogens with zero attached hydrogens (tertiary/aromatic N) is 3. The maximum atomic E-state index is 13.2. The average molecular weight is 435 g/mol. The molecule has 1 saturated heterocycles. The number of aryl methyl sites for hydroxylation is 1. The van der Waals surface area contributed by atoms with E-state index in [2.05, 4.69) is 0 Å². The van der Waals surface area contributed by atoms with Gasteiger partial charge in [-0.05, 0) is 43.5 Å². The van der Waals surface area contributed by atoms with Crippen LogP contribution in [0.2, 0.25) is 0 Å². The highest BCUT2D eigenvalue weighted by Gasteiger charge is 2.36. The van der Waals surface area contributed by atoms with Gasteiger partial charge in [0.1, 0.15) is 5.75 Å². The van der Waals surface area contributed by atoms with Crippen molar-refractivity contribution in [3.8, 4) is 5.75 Å². The molecule has 8 nitrogen and oxygen atoms in total. The van der Waals surface area contributed by atoms with E-state index in [1.54, 1.807) is 29.2 Å². The second-order valence-corrected chi connectivity index (χ2v) is 8.20. The summed E-state index contributed by atoms with van der Waals surface area (Å²) in [5, 5.41) is 0. The smallest absolute Gasteiger partial charge is 0.419 e. The number of para-hydroxylation sites is 4. The zero-order valence-electron chi connectivity index (χ0n) is 17.7. The van der Waals surface area contributed by atoms with Gasteiger partial charge in [0, 0.05) is 26.1 Å². The lowest BCUT2D eigenvalue weighted by molar-refractivity contribution is -0.139. The van der Waals surface area contributed by atoms with Crippen LogP contribution in [0.15, 0.2) is 57.7 Å². The van der Waals surface area contributed by atoms with Gasteiger partial charge in [0.05, 0.1) is 17.7 Å². The molecule has 0 N–H and O–H groups in total. The van der Waals surface area contributed by atoms with Crippen LogP contribution >= 0.6 is 0 Å². The van der Waals surface area contributed by atoms with E-state index in [1.807, 2.05) is 29.2 Å². The first kappa shape index (κ1) is 20.4. The first-order valence-electron chi connectivity index (χ1n) is 11.0. The van der Waals surface area contributed by atoms with E-state index in [4.69, 9.17) is 9.15 Å². The van der Waals surface area contributed by atoms with Gasteiger partial charge in [-0.25, -0.2) is 4.79 Å². The molecule has 3 aromatic rings. The molecule has 1 atom stereocenters. The van der Waals surface area contributed by atoms with E-state index in [9.17, 15) is 14.4 Å². The summed E-state index contributed by atoms with van der Waals surface area (Å²) in [5.74, 6) is -0.212. The Morgan fingerprint density at radius 1 is 0.969 bits per heavy atom. The Bertz CT molecular complexity index is 1210. The summed E-state index contributed by atoms with van der Waals surface area (Å²) >= 11 is 0. The van der Waals surface area contributed by atoms with Gasteiger partial charge >= 0.3 is 5.76 Å². The number of benzene rings is 2. The molecule has 0 bridgehead atoms. The summed E-state index contributed by atoms with van der Waals surface area (Å²) in [6.07, 6.45) is 2.48. The number of rotatable bonds is 4. The van der Waals surface area contributed by atoms with Gasteiger partial charge in [-0.3, -0.25) is 14.2 Å². The number of hydrogen-bond acceptors (Lipinski definition) is 5. The lowest BCUT2D eigenvalue weighted by Gasteiger charge is -2.37. The number of fused-ring (bicyclic) bond motifs is 2. The third-order valence-corrected chi connectivity index (χ3v) is 6.14. The molecular formula is C24H25N3O5. The molecule has 2 aliphatic rings. The van der Waals surface area contributed by atoms with Crippen molar-refractivity contribution in [1.82, 2.24) is 9.47 Å². The summed E-state index contributed by atoms with van der Waals surface area (Å²) in [4.78, 5) is 42.0. The van der Waals surface area contributed by atoms with E-state index in [0.29, 0.717) is 22.5 Å². The fraction of sp³-hybridized carbons (Fsp3) is 0.375. The van der Waals surface area contributed by atoms with Crippen LogP contribution in [0.4, 0.5) is 5.69 Å². The largest absolute Gasteiger partial charge is 0.476 e. The van der Waals surface area contributed by atoms with Crippen LogP contribution in [0.1, 0.15) is 25.7 Å². The molecule has 0 unspecified atom stereocenters. The van der Waals surface area contributed by atoms with Gasteiger partial charge in [-0.1, -0.05) is 24.3 Å². The van der Waals surface area contributed by atoms with Crippen LogP contribution < -0.4 is 15.4 Å². The number of anilines is 1. The second kappa shape index (κ2) is 8.53. The SMILES string of the molecule is O=C([C@@H]1CN(C(=O)CCn2c(=O)oc3ccccc32)c2ccccc2O1)N1CCCCC1. The quantitative estimate of drug-likeness (QED) is 0.629. The number of aromatic nitrogens is 1. The van der Waals surface area contributed by atoms with Crippen molar-refractivity contribution in [2.75, 3.05) is 24.5 Å². The molecule has 2 aromatic carbocycles.